The van der Waals surface area contributed by atoms with Crippen LogP contribution in [0, 0.1) is 11.6 Å². The van der Waals surface area contributed by atoms with Crippen LogP contribution in [0.15, 0.2) is 22.1 Å². The van der Waals surface area contributed by atoms with E-state index in [2.05, 4.69) is 21.2 Å². The molecule has 0 saturated carbocycles. The first-order chi connectivity index (χ1) is 10.6. The molecule has 1 heterocycles. The van der Waals surface area contributed by atoms with Crippen molar-refractivity contribution in [3.8, 4) is 0 Å². The van der Waals surface area contributed by atoms with Gasteiger partial charge in [-0.2, -0.15) is 0 Å². The van der Waals surface area contributed by atoms with Crippen LogP contribution in [0.4, 0.5) is 8.78 Å². The average Bonchev–Trinajstić information content (AvgIpc) is 2.64. The first-order valence-electron chi connectivity index (χ1n) is 7.42. The van der Waals surface area contributed by atoms with Crippen molar-refractivity contribution >= 4 is 29.1 Å². The molecule has 0 bridgehead atoms. The Kier molecular flexibility index (Phi) is 5.35. The molecule has 0 radical (unpaired) electrons. The van der Waals surface area contributed by atoms with Crippen LogP contribution in [-0.4, -0.2) is 31.9 Å². The zero-order valence-corrected chi connectivity index (χ0v) is 15.6. The number of benzene rings is 1. The van der Waals surface area contributed by atoms with Gasteiger partial charge >= 0.3 is 7.12 Å². The SMILES string of the molecule is CNCC(=Cc1cc(F)c(Br)cc1F)B1OC(C)(C)C(C)(C)O1. The second kappa shape index (κ2) is 6.63. The topological polar surface area (TPSA) is 30.5 Å². The highest BCUT2D eigenvalue weighted by Crippen LogP contribution is 2.38. The van der Waals surface area contributed by atoms with Crippen molar-refractivity contribution in [3.63, 3.8) is 0 Å². The standard InChI is InChI=1S/C16H21BBrF2NO2/c1-15(2)16(3,4)23-17(22-15)11(9-21-5)6-10-7-14(20)12(18)8-13(10)19/h6-8,21H,9H2,1-5H3. The zero-order valence-electron chi connectivity index (χ0n) is 14.0. The molecule has 1 saturated heterocycles. The van der Waals surface area contributed by atoms with E-state index in [4.69, 9.17) is 9.31 Å². The second-order valence-electron chi connectivity index (χ2n) is 6.63. The summed E-state index contributed by atoms with van der Waals surface area (Å²) in [4.78, 5) is 0. The van der Waals surface area contributed by atoms with E-state index in [1.54, 1.807) is 13.1 Å². The molecule has 2 rings (SSSR count). The maximum atomic E-state index is 14.1. The second-order valence-corrected chi connectivity index (χ2v) is 7.48. The Bertz CT molecular complexity index is 619. The molecule has 1 aliphatic rings. The van der Waals surface area contributed by atoms with Crippen molar-refractivity contribution in [2.45, 2.75) is 38.9 Å². The normalized spacial score (nSPS) is 20.2. The lowest BCUT2D eigenvalue weighted by atomic mass is 9.77. The predicted octanol–water partition coefficient (Wildman–Crippen LogP) is 3.96. The average molecular weight is 388 g/mol. The molecule has 1 aliphatic heterocycles. The van der Waals surface area contributed by atoms with Crippen LogP contribution in [0.2, 0.25) is 0 Å². The van der Waals surface area contributed by atoms with Crippen LogP contribution in [0.25, 0.3) is 6.08 Å². The molecule has 0 spiro atoms. The Balaban J connectivity index is 2.38. The Morgan fingerprint density at radius 2 is 1.74 bits per heavy atom. The minimum absolute atomic E-state index is 0.0953. The highest BCUT2D eigenvalue weighted by atomic mass is 79.9. The molecule has 126 valence electrons. The number of hydrogen-bond acceptors (Lipinski definition) is 3. The van der Waals surface area contributed by atoms with Gasteiger partial charge in [0, 0.05) is 12.1 Å². The fourth-order valence-electron chi connectivity index (χ4n) is 2.25. The van der Waals surface area contributed by atoms with Crippen LogP contribution in [0.1, 0.15) is 33.3 Å². The molecule has 7 heteroatoms. The summed E-state index contributed by atoms with van der Waals surface area (Å²) in [6.45, 7) is 8.23. The van der Waals surface area contributed by atoms with Gasteiger partial charge in [0.1, 0.15) is 11.6 Å². The lowest BCUT2D eigenvalue weighted by molar-refractivity contribution is 0.00578. The van der Waals surface area contributed by atoms with Crippen LogP contribution in [0.5, 0.6) is 0 Å². The zero-order chi connectivity index (χ0) is 17.4. The monoisotopic (exact) mass is 387 g/mol. The van der Waals surface area contributed by atoms with Crippen LogP contribution < -0.4 is 5.32 Å². The molecule has 1 N–H and O–H groups in total. The van der Waals surface area contributed by atoms with Crippen LogP contribution >= 0.6 is 15.9 Å². The fraction of sp³-hybridized carbons (Fsp3) is 0.500. The van der Waals surface area contributed by atoms with Gasteiger partial charge in [0.15, 0.2) is 0 Å². The quantitative estimate of drug-likeness (QED) is 0.626. The Morgan fingerprint density at radius 1 is 1.17 bits per heavy atom. The van der Waals surface area contributed by atoms with E-state index in [0.29, 0.717) is 12.0 Å². The van der Waals surface area contributed by atoms with Gasteiger partial charge in [-0.05, 0) is 68.3 Å². The lowest BCUT2D eigenvalue weighted by Gasteiger charge is -2.32. The molecule has 1 fully saturated rings. The Morgan fingerprint density at radius 3 is 2.26 bits per heavy atom. The largest absolute Gasteiger partial charge is 0.491 e. The number of rotatable bonds is 4. The Hall–Kier alpha value is -0.755. The molecule has 0 aliphatic carbocycles. The molecule has 0 aromatic heterocycles. The predicted molar refractivity (Wildman–Crippen MR) is 92.0 cm³/mol. The van der Waals surface area contributed by atoms with E-state index in [9.17, 15) is 8.78 Å². The van der Waals surface area contributed by atoms with Gasteiger partial charge in [-0.15, -0.1) is 0 Å². The van der Waals surface area contributed by atoms with Gasteiger partial charge in [0.25, 0.3) is 0 Å². The van der Waals surface area contributed by atoms with Crippen molar-refractivity contribution in [2.24, 2.45) is 0 Å². The molecule has 0 unspecified atom stereocenters. The van der Waals surface area contributed by atoms with E-state index in [1.807, 2.05) is 27.7 Å². The highest BCUT2D eigenvalue weighted by molar-refractivity contribution is 9.10. The first kappa shape index (κ1) is 18.6. The smallest absolute Gasteiger partial charge is 0.400 e. The van der Waals surface area contributed by atoms with Crippen LogP contribution in [0.3, 0.4) is 0 Å². The fourth-order valence-corrected chi connectivity index (χ4v) is 2.56. The summed E-state index contributed by atoms with van der Waals surface area (Å²) in [5.74, 6) is -1.03. The van der Waals surface area contributed by atoms with Gasteiger partial charge in [-0.25, -0.2) is 8.78 Å². The minimum atomic E-state index is -0.612. The van der Waals surface area contributed by atoms with E-state index in [0.717, 1.165) is 12.1 Å². The van der Waals surface area contributed by atoms with Gasteiger partial charge in [-0.1, -0.05) is 6.08 Å². The summed E-state index contributed by atoms with van der Waals surface area (Å²) >= 11 is 2.98. The van der Waals surface area contributed by atoms with Gasteiger partial charge in [0.05, 0.1) is 15.7 Å². The van der Waals surface area contributed by atoms with Crippen molar-refractivity contribution < 1.29 is 18.1 Å². The third kappa shape index (κ3) is 3.84. The summed E-state index contributed by atoms with van der Waals surface area (Å²) in [5.41, 5.74) is -0.125. The number of likely N-dealkylation sites (N-methyl/N-ethyl adjacent to an activating group) is 1. The molecule has 0 amide bonds. The third-order valence-electron chi connectivity index (χ3n) is 4.32. The third-order valence-corrected chi connectivity index (χ3v) is 4.93. The van der Waals surface area contributed by atoms with Gasteiger partial charge in [0.2, 0.25) is 0 Å². The van der Waals surface area contributed by atoms with E-state index >= 15 is 0 Å². The molecular weight excluding hydrogens is 367 g/mol. The van der Waals surface area contributed by atoms with Crippen LogP contribution in [-0.2, 0) is 9.31 Å². The molecule has 1 aromatic carbocycles. The summed E-state index contributed by atoms with van der Waals surface area (Å²) < 4.78 is 39.8. The Labute approximate surface area is 144 Å². The van der Waals surface area contributed by atoms with Gasteiger partial charge in [-0.3, -0.25) is 0 Å². The molecular formula is C16H21BBrF2NO2. The summed E-state index contributed by atoms with van der Waals surface area (Å²) in [6.07, 6.45) is 1.57. The molecule has 3 nitrogen and oxygen atoms in total. The van der Waals surface area contributed by atoms with Crippen molar-refractivity contribution in [2.75, 3.05) is 13.6 Å². The van der Waals surface area contributed by atoms with Gasteiger partial charge < -0.3 is 14.6 Å². The van der Waals surface area contributed by atoms with Crippen molar-refractivity contribution in [1.82, 2.24) is 5.32 Å². The lowest BCUT2D eigenvalue weighted by Crippen LogP contribution is -2.41. The molecule has 0 atom stereocenters. The van der Waals surface area contributed by atoms with Crippen molar-refractivity contribution in [1.29, 1.82) is 0 Å². The van der Waals surface area contributed by atoms with E-state index in [1.165, 1.54) is 0 Å². The number of nitrogens with one attached hydrogen (secondary N) is 1. The van der Waals surface area contributed by atoms with E-state index < -0.39 is 30.0 Å². The highest BCUT2D eigenvalue weighted by Gasteiger charge is 2.52. The first-order valence-corrected chi connectivity index (χ1v) is 8.22. The van der Waals surface area contributed by atoms with Crippen molar-refractivity contribution in [3.05, 3.63) is 39.3 Å². The summed E-state index contributed by atoms with van der Waals surface area (Å²) in [6, 6.07) is 2.27. The molecule has 1 aromatic rings. The van der Waals surface area contributed by atoms with E-state index in [-0.39, 0.29) is 10.0 Å². The minimum Gasteiger partial charge on any atom is -0.400 e. The maximum absolute atomic E-state index is 14.1. The number of halogens is 3. The maximum Gasteiger partial charge on any atom is 0.491 e. The summed E-state index contributed by atoms with van der Waals surface area (Å²) in [5, 5.41) is 3.01. The number of hydrogen-bond donors (Lipinski definition) is 1. The molecule has 23 heavy (non-hydrogen) atoms. The summed E-state index contributed by atoms with van der Waals surface area (Å²) in [7, 11) is 1.16.